The van der Waals surface area contributed by atoms with Crippen LogP contribution in [0.3, 0.4) is 0 Å². The first-order valence-electron chi connectivity index (χ1n) is 5.34. The largest absolute Gasteiger partial charge is 0.491 e. The van der Waals surface area contributed by atoms with Crippen molar-refractivity contribution >= 4 is 22.9 Å². The molecule has 0 aliphatic carbocycles. The van der Waals surface area contributed by atoms with Gasteiger partial charge in [0.15, 0.2) is 0 Å². The smallest absolute Gasteiger partial charge is 0.288 e. The van der Waals surface area contributed by atoms with Crippen molar-refractivity contribution < 1.29 is 14.3 Å². The summed E-state index contributed by atoms with van der Waals surface area (Å²) in [5.41, 5.74) is 1.04. The van der Waals surface area contributed by atoms with Gasteiger partial charge >= 0.3 is 0 Å². The quantitative estimate of drug-likeness (QED) is 0.822. The summed E-state index contributed by atoms with van der Waals surface area (Å²) in [6.07, 6.45) is 0. The maximum absolute atomic E-state index is 11.3. The molecule has 1 aliphatic rings. The van der Waals surface area contributed by atoms with Gasteiger partial charge in [-0.2, -0.15) is 0 Å². The number of carbonyl (C=O) groups is 2. The second-order valence-corrected chi connectivity index (χ2v) is 4.64. The van der Waals surface area contributed by atoms with Crippen LogP contribution in [-0.2, 0) is 4.79 Å². The first-order valence-corrected chi connectivity index (χ1v) is 6.32. The van der Waals surface area contributed by atoms with Crippen molar-refractivity contribution in [2.45, 2.75) is 6.92 Å². The minimum absolute atomic E-state index is 0.131. The zero-order valence-electron chi connectivity index (χ0n) is 9.51. The molecule has 4 nitrogen and oxygen atoms in total. The number of hydrogen-bond acceptors (Lipinski definition) is 4. The van der Waals surface area contributed by atoms with Gasteiger partial charge in [0, 0.05) is 0 Å². The lowest BCUT2D eigenvalue weighted by Gasteiger charge is -2.14. The Kier molecular flexibility index (Phi) is 3.68. The van der Waals surface area contributed by atoms with Crippen molar-refractivity contribution in [3.63, 3.8) is 0 Å². The molecule has 2 amide bonds. The molecule has 90 valence electrons. The van der Waals surface area contributed by atoms with Crippen LogP contribution in [0.1, 0.15) is 5.56 Å². The second-order valence-electron chi connectivity index (χ2n) is 3.71. The third-order valence-corrected chi connectivity index (χ3v) is 3.37. The Morgan fingerprint density at radius 1 is 1.35 bits per heavy atom. The molecule has 2 rings (SSSR count). The number of ether oxygens (including phenoxy) is 1. The summed E-state index contributed by atoms with van der Waals surface area (Å²) in [4.78, 5) is 23.9. The number of rotatable bonds is 4. The minimum atomic E-state index is -0.177. The SMILES string of the molecule is Cc1ccccc1OCCN1C(=O)CSC1=O. The van der Waals surface area contributed by atoms with Crippen molar-refractivity contribution in [1.82, 2.24) is 4.90 Å². The van der Waals surface area contributed by atoms with Crippen LogP contribution in [0.15, 0.2) is 24.3 Å². The summed E-state index contributed by atoms with van der Waals surface area (Å²) in [5, 5.41) is -0.177. The molecule has 1 aromatic rings. The molecule has 17 heavy (non-hydrogen) atoms. The number of aryl methyl sites for hydroxylation is 1. The van der Waals surface area contributed by atoms with Gasteiger partial charge in [0.05, 0.1) is 12.3 Å². The molecular formula is C12H13NO3S. The van der Waals surface area contributed by atoms with Crippen LogP contribution in [-0.4, -0.2) is 35.0 Å². The van der Waals surface area contributed by atoms with Crippen molar-refractivity contribution in [2.75, 3.05) is 18.9 Å². The Bertz CT molecular complexity index is 431. The number of benzene rings is 1. The standard InChI is InChI=1S/C12H13NO3S/c1-9-4-2-3-5-10(9)16-7-6-13-11(14)8-17-12(13)15/h2-5H,6-8H2,1H3. The number of nitrogens with zero attached hydrogens (tertiary/aromatic N) is 1. The zero-order valence-corrected chi connectivity index (χ0v) is 10.3. The van der Waals surface area contributed by atoms with E-state index in [-0.39, 0.29) is 16.9 Å². The zero-order chi connectivity index (χ0) is 12.3. The van der Waals surface area contributed by atoms with Crippen LogP contribution < -0.4 is 4.74 Å². The van der Waals surface area contributed by atoms with E-state index in [2.05, 4.69) is 0 Å². The average Bonchev–Trinajstić information content (AvgIpc) is 2.63. The normalized spacial score (nSPS) is 15.5. The van der Waals surface area contributed by atoms with Crippen LogP contribution >= 0.6 is 11.8 Å². The highest BCUT2D eigenvalue weighted by atomic mass is 32.2. The van der Waals surface area contributed by atoms with E-state index in [9.17, 15) is 9.59 Å². The topological polar surface area (TPSA) is 46.6 Å². The third-order valence-electron chi connectivity index (χ3n) is 2.51. The van der Waals surface area contributed by atoms with Crippen LogP contribution in [0.25, 0.3) is 0 Å². The molecule has 1 aliphatic heterocycles. The van der Waals surface area contributed by atoms with Gasteiger partial charge in [-0.3, -0.25) is 14.5 Å². The third kappa shape index (κ3) is 2.79. The minimum Gasteiger partial charge on any atom is -0.491 e. The molecule has 0 spiro atoms. The maximum atomic E-state index is 11.3. The van der Waals surface area contributed by atoms with E-state index in [4.69, 9.17) is 4.74 Å². The fourth-order valence-corrected chi connectivity index (χ4v) is 2.31. The monoisotopic (exact) mass is 251 g/mol. The molecule has 1 aromatic carbocycles. The molecule has 1 saturated heterocycles. The van der Waals surface area contributed by atoms with Gasteiger partial charge < -0.3 is 4.74 Å². The molecule has 0 unspecified atom stereocenters. The molecule has 0 atom stereocenters. The summed E-state index contributed by atoms with van der Waals surface area (Å²) in [6, 6.07) is 7.66. The van der Waals surface area contributed by atoms with Crippen molar-refractivity contribution in [1.29, 1.82) is 0 Å². The molecule has 0 bridgehead atoms. The second kappa shape index (κ2) is 5.23. The predicted octanol–water partition coefficient (Wildman–Crippen LogP) is 2.07. The summed E-state index contributed by atoms with van der Waals surface area (Å²) < 4.78 is 5.54. The van der Waals surface area contributed by atoms with Crippen molar-refractivity contribution in [3.8, 4) is 5.75 Å². The van der Waals surface area contributed by atoms with Gasteiger partial charge in [0.2, 0.25) is 5.91 Å². The number of amides is 2. The molecule has 0 aromatic heterocycles. The fourth-order valence-electron chi connectivity index (χ4n) is 1.56. The summed E-state index contributed by atoms with van der Waals surface area (Å²) >= 11 is 1.04. The maximum Gasteiger partial charge on any atom is 0.288 e. The van der Waals surface area contributed by atoms with Crippen LogP contribution in [0.5, 0.6) is 5.75 Å². The Morgan fingerprint density at radius 2 is 2.12 bits per heavy atom. The van der Waals surface area contributed by atoms with E-state index < -0.39 is 0 Å². The van der Waals surface area contributed by atoms with Crippen LogP contribution in [0.4, 0.5) is 4.79 Å². The first kappa shape index (κ1) is 12.0. The van der Waals surface area contributed by atoms with Crippen LogP contribution in [0, 0.1) is 6.92 Å². The lowest BCUT2D eigenvalue weighted by atomic mass is 10.2. The number of carbonyl (C=O) groups excluding carboxylic acids is 2. The van der Waals surface area contributed by atoms with Crippen molar-refractivity contribution in [3.05, 3.63) is 29.8 Å². The Morgan fingerprint density at radius 3 is 2.76 bits per heavy atom. The molecule has 0 saturated carbocycles. The van der Waals surface area contributed by atoms with E-state index >= 15 is 0 Å². The van der Waals surface area contributed by atoms with Gasteiger partial charge in [-0.25, -0.2) is 0 Å². The summed E-state index contributed by atoms with van der Waals surface area (Å²) in [7, 11) is 0. The Labute approximate surface area is 104 Å². The summed E-state index contributed by atoms with van der Waals surface area (Å²) in [5.74, 6) is 0.913. The Hall–Kier alpha value is -1.49. The summed E-state index contributed by atoms with van der Waals surface area (Å²) in [6.45, 7) is 2.61. The number of thioether (sulfide) groups is 1. The Balaban J connectivity index is 1.86. The molecule has 5 heteroatoms. The van der Waals surface area contributed by atoms with Gasteiger partial charge in [-0.05, 0) is 18.6 Å². The highest BCUT2D eigenvalue weighted by Gasteiger charge is 2.29. The van der Waals surface area contributed by atoms with Gasteiger partial charge in [0.1, 0.15) is 12.4 Å². The highest BCUT2D eigenvalue weighted by molar-refractivity contribution is 8.14. The lowest BCUT2D eigenvalue weighted by molar-refractivity contribution is -0.124. The fraction of sp³-hybridized carbons (Fsp3) is 0.333. The lowest BCUT2D eigenvalue weighted by Crippen LogP contribution is -2.32. The van der Waals surface area contributed by atoms with Gasteiger partial charge in [-0.1, -0.05) is 30.0 Å². The molecular weight excluding hydrogens is 238 g/mol. The predicted molar refractivity (Wildman–Crippen MR) is 66.2 cm³/mol. The first-order chi connectivity index (χ1) is 8.18. The molecule has 0 radical (unpaired) electrons. The van der Waals surface area contributed by atoms with E-state index in [1.807, 2.05) is 31.2 Å². The van der Waals surface area contributed by atoms with E-state index in [1.165, 1.54) is 4.90 Å². The van der Waals surface area contributed by atoms with Crippen molar-refractivity contribution in [2.24, 2.45) is 0 Å². The molecule has 1 fully saturated rings. The van der Waals surface area contributed by atoms with E-state index in [0.29, 0.717) is 13.2 Å². The van der Waals surface area contributed by atoms with Gasteiger partial charge in [0.25, 0.3) is 5.24 Å². The van der Waals surface area contributed by atoms with E-state index in [0.717, 1.165) is 23.1 Å². The van der Waals surface area contributed by atoms with Gasteiger partial charge in [-0.15, -0.1) is 0 Å². The highest BCUT2D eigenvalue weighted by Crippen LogP contribution is 2.19. The van der Waals surface area contributed by atoms with Crippen LogP contribution in [0.2, 0.25) is 0 Å². The number of imide groups is 1. The van der Waals surface area contributed by atoms with E-state index in [1.54, 1.807) is 0 Å². The average molecular weight is 251 g/mol. The molecule has 0 N–H and O–H groups in total. The molecule has 1 heterocycles. The number of hydrogen-bond donors (Lipinski definition) is 0. The number of para-hydroxylation sites is 1.